The third-order valence-corrected chi connectivity index (χ3v) is 9.29. The molecule has 2 N–H and O–H groups in total. The molecular formula is C28H28BrFN7O5P. The largest absolute Gasteiger partial charge is 0.494 e. The second-order valence-corrected chi connectivity index (χ2v) is 14.4. The molecule has 0 unspecified atom stereocenters. The minimum atomic E-state index is -2.93. The fourth-order valence-electron chi connectivity index (χ4n) is 5.10. The predicted octanol–water partition coefficient (Wildman–Crippen LogP) is 5.99. The Morgan fingerprint density at radius 1 is 1.14 bits per heavy atom. The first-order valence-electron chi connectivity index (χ1n) is 13.3. The molecule has 1 aliphatic heterocycles. The molecule has 1 aliphatic rings. The highest BCUT2D eigenvalue weighted by Gasteiger charge is 2.28. The molecular weight excluding hydrogens is 644 g/mol. The highest BCUT2D eigenvalue weighted by Crippen LogP contribution is 2.43. The Bertz CT molecular complexity index is 1780. The molecule has 4 aromatic rings. The summed E-state index contributed by atoms with van der Waals surface area (Å²) in [7, 11) is -1.48. The number of nitro benzene ring substituents is 1. The number of rotatable bonds is 9. The Morgan fingerprint density at radius 3 is 2.53 bits per heavy atom. The zero-order valence-electron chi connectivity index (χ0n) is 23.5. The quantitative estimate of drug-likeness (QED) is 0.0933. The van der Waals surface area contributed by atoms with Crippen LogP contribution in [0.3, 0.4) is 0 Å². The van der Waals surface area contributed by atoms with Crippen molar-refractivity contribution in [2.24, 2.45) is 5.92 Å². The van der Waals surface area contributed by atoms with Crippen LogP contribution in [0, 0.1) is 21.8 Å². The fraction of sp³-hybridized carbons (Fsp3) is 0.286. The number of halogens is 2. The lowest BCUT2D eigenvalue weighted by Crippen LogP contribution is -2.34. The zero-order chi connectivity index (χ0) is 30.9. The van der Waals surface area contributed by atoms with Crippen molar-refractivity contribution >= 4 is 80.1 Å². The minimum absolute atomic E-state index is 0.0550. The number of methoxy groups -OCH3 is 1. The maximum atomic E-state index is 14.1. The standard InChI is InChI=1S/C28H28BrFN7O5P/c1-42-25-12-23(36-8-6-16(15-38)7-9-36)24(37(39)40)11-22(25)34-28-32-14-19(29)27(35-28)33-21-5-4-20-18(10-17(30)13-31-20)26(21)43(2,3)41/h4-5,10-16H,6-9H2,1-3H3,(H2,32,33,34,35). The number of nitrogens with one attached hydrogen (secondary N) is 2. The normalized spacial score (nSPS) is 14.0. The number of pyridine rings is 1. The molecule has 12 nitrogen and oxygen atoms in total. The van der Waals surface area contributed by atoms with Crippen molar-refractivity contribution in [3.05, 3.63) is 63.1 Å². The summed E-state index contributed by atoms with van der Waals surface area (Å²) >= 11 is 3.43. The van der Waals surface area contributed by atoms with Crippen LogP contribution in [0.25, 0.3) is 10.9 Å². The minimum Gasteiger partial charge on any atom is -0.494 e. The molecule has 2 aromatic heterocycles. The molecule has 0 aliphatic carbocycles. The summed E-state index contributed by atoms with van der Waals surface area (Å²) in [6.45, 7) is 4.19. The number of fused-ring (bicyclic) bond motifs is 1. The van der Waals surface area contributed by atoms with E-state index in [1.54, 1.807) is 31.5 Å². The second-order valence-electron chi connectivity index (χ2n) is 10.4. The number of hydrogen-bond donors (Lipinski definition) is 2. The van der Waals surface area contributed by atoms with E-state index < -0.39 is 17.9 Å². The van der Waals surface area contributed by atoms with Crippen molar-refractivity contribution in [1.29, 1.82) is 0 Å². The number of nitrogens with zero attached hydrogens (tertiary/aromatic N) is 5. The van der Waals surface area contributed by atoms with Gasteiger partial charge < -0.3 is 29.6 Å². The summed E-state index contributed by atoms with van der Waals surface area (Å²) in [5, 5.41) is 19.1. The van der Waals surface area contributed by atoms with E-state index >= 15 is 0 Å². The van der Waals surface area contributed by atoms with Gasteiger partial charge in [-0.25, -0.2) is 9.37 Å². The van der Waals surface area contributed by atoms with Crippen LogP contribution in [0.4, 0.5) is 38.9 Å². The molecule has 1 fully saturated rings. The molecule has 0 bridgehead atoms. The van der Waals surface area contributed by atoms with Crippen molar-refractivity contribution in [3.63, 3.8) is 0 Å². The number of carbonyl (C=O) groups is 1. The number of nitro groups is 1. The van der Waals surface area contributed by atoms with Gasteiger partial charge in [-0.2, -0.15) is 4.98 Å². The van der Waals surface area contributed by atoms with Crippen LogP contribution < -0.4 is 25.6 Å². The molecule has 1 saturated heterocycles. The number of ether oxygens (including phenoxy) is 1. The van der Waals surface area contributed by atoms with Gasteiger partial charge in [-0.1, -0.05) is 0 Å². The third-order valence-electron chi connectivity index (χ3n) is 7.15. The SMILES string of the molecule is COc1cc(N2CCC(C=O)CC2)c([N+](=O)[O-])cc1Nc1ncc(Br)c(Nc2ccc3ncc(F)cc3c2P(C)(C)=O)n1. The number of piperidine rings is 1. The van der Waals surface area contributed by atoms with Crippen LogP contribution in [-0.4, -0.2) is 59.7 Å². The lowest BCUT2D eigenvalue weighted by atomic mass is 9.98. The third kappa shape index (κ3) is 6.45. The second kappa shape index (κ2) is 12.2. The van der Waals surface area contributed by atoms with Crippen molar-refractivity contribution in [2.75, 3.05) is 49.1 Å². The molecule has 43 heavy (non-hydrogen) atoms. The van der Waals surface area contributed by atoms with E-state index in [0.29, 0.717) is 69.6 Å². The molecule has 15 heteroatoms. The number of anilines is 5. The Balaban J connectivity index is 1.49. The van der Waals surface area contributed by atoms with E-state index in [1.807, 2.05) is 4.90 Å². The molecule has 5 rings (SSSR count). The smallest absolute Gasteiger partial charge is 0.294 e. The van der Waals surface area contributed by atoms with Crippen LogP contribution in [-0.2, 0) is 9.36 Å². The van der Waals surface area contributed by atoms with Crippen molar-refractivity contribution in [1.82, 2.24) is 15.0 Å². The summed E-state index contributed by atoms with van der Waals surface area (Å²) in [4.78, 5) is 37.6. The van der Waals surface area contributed by atoms with Crippen molar-refractivity contribution in [3.8, 4) is 5.75 Å². The van der Waals surface area contributed by atoms with Crippen molar-refractivity contribution in [2.45, 2.75) is 12.8 Å². The van der Waals surface area contributed by atoms with Gasteiger partial charge in [0.05, 0.1) is 39.6 Å². The van der Waals surface area contributed by atoms with Gasteiger partial charge in [-0.15, -0.1) is 0 Å². The highest BCUT2D eigenvalue weighted by atomic mass is 79.9. The van der Waals surface area contributed by atoms with Gasteiger partial charge in [0.25, 0.3) is 5.69 Å². The Hall–Kier alpha value is -4.16. The highest BCUT2D eigenvalue weighted by molar-refractivity contribution is 9.10. The monoisotopic (exact) mass is 671 g/mol. The van der Waals surface area contributed by atoms with E-state index in [1.165, 1.54) is 25.4 Å². The first-order valence-corrected chi connectivity index (χ1v) is 16.6. The van der Waals surface area contributed by atoms with Gasteiger partial charge in [0.1, 0.15) is 36.5 Å². The van der Waals surface area contributed by atoms with Crippen LogP contribution in [0.5, 0.6) is 5.75 Å². The molecule has 0 saturated carbocycles. The molecule has 2 aromatic carbocycles. The maximum Gasteiger partial charge on any atom is 0.294 e. The van der Waals surface area contributed by atoms with Gasteiger partial charge in [-0.05, 0) is 60.3 Å². The van der Waals surface area contributed by atoms with Gasteiger partial charge >= 0.3 is 0 Å². The maximum absolute atomic E-state index is 14.1. The summed E-state index contributed by atoms with van der Waals surface area (Å²) in [5.41, 5.74) is 1.49. The van der Waals surface area contributed by atoms with Gasteiger partial charge in [0, 0.05) is 48.0 Å². The number of aldehydes is 1. The van der Waals surface area contributed by atoms with Gasteiger partial charge in [-0.3, -0.25) is 15.1 Å². The lowest BCUT2D eigenvalue weighted by Gasteiger charge is -2.31. The molecule has 3 heterocycles. The number of benzene rings is 2. The van der Waals surface area contributed by atoms with Gasteiger partial charge in [0.15, 0.2) is 0 Å². The Kier molecular flexibility index (Phi) is 8.61. The molecule has 0 spiro atoms. The van der Waals surface area contributed by atoms with Gasteiger partial charge in [0.2, 0.25) is 5.95 Å². The average Bonchev–Trinajstić information content (AvgIpc) is 2.97. The summed E-state index contributed by atoms with van der Waals surface area (Å²) in [5.74, 6) is 0.140. The lowest BCUT2D eigenvalue weighted by molar-refractivity contribution is -0.384. The topological polar surface area (TPSA) is 152 Å². The first kappa shape index (κ1) is 30.3. The molecule has 224 valence electrons. The van der Waals surface area contributed by atoms with Crippen LogP contribution in [0.1, 0.15) is 12.8 Å². The van der Waals surface area contributed by atoms with E-state index in [-0.39, 0.29) is 23.2 Å². The number of carbonyl (C=O) groups excluding carboxylic acids is 1. The number of hydrogen-bond acceptors (Lipinski definition) is 11. The molecule has 0 amide bonds. The van der Waals surface area contributed by atoms with Crippen LogP contribution in [0.15, 0.2) is 47.2 Å². The van der Waals surface area contributed by atoms with Crippen LogP contribution in [0.2, 0.25) is 0 Å². The predicted molar refractivity (Wildman–Crippen MR) is 168 cm³/mol. The van der Waals surface area contributed by atoms with Crippen LogP contribution >= 0.6 is 23.1 Å². The number of aromatic nitrogens is 3. The summed E-state index contributed by atoms with van der Waals surface area (Å²) in [6, 6.07) is 7.66. The van der Waals surface area contributed by atoms with Crippen molar-refractivity contribution < 1.29 is 23.4 Å². The van der Waals surface area contributed by atoms with E-state index in [0.717, 1.165) is 12.5 Å². The molecule has 0 radical (unpaired) electrons. The molecule has 0 atom stereocenters. The van der Waals surface area contributed by atoms with E-state index in [4.69, 9.17) is 4.74 Å². The Morgan fingerprint density at radius 2 is 1.88 bits per heavy atom. The Labute approximate surface area is 254 Å². The summed E-state index contributed by atoms with van der Waals surface area (Å²) in [6.07, 6.45) is 4.75. The first-order chi connectivity index (χ1) is 20.5. The fourth-order valence-corrected chi connectivity index (χ4v) is 6.86. The summed E-state index contributed by atoms with van der Waals surface area (Å²) < 4.78 is 33.5. The van der Waals surface area contributed by atoms with E-state index in [2.05, 4.69) is 41.5 Å². The average molecular weight is 672 g/mol. The zero-order valence-corrected chi connectivity index (χ0v) is 26.0. The van der Waals surface area contributed by atoms with E-state index in [9.17, 15) is 23.9 Å².